The van der Waals surface area contributed by atoms with Gasteiger partial charge in [0, 0.05) is 18.7 Å². The second-order valence-corrected chi connectivity index (χ2v) is 5.33. The van der Waals surface area contributed by atoms with E-state index in [1.165, 1.54) is 31.4 Å². The molecule has 19 heavy (non-hydrogen) atoms. The highest BCUT2D eigenvalue weighted by atomic mass is 15.1. The molecule has 0 bridgehead atoms. The van der Waals surface area contributed by atoms with Gasteiger partial charge < -0.3 is 5.73 Å². The van der Waals surface area contributed by atoms with Gasteiger partial charge in [-0.05, 0) is 43.0 Å². The Bertz CT molecular complexity index is 452. The van der Waals surface area contributed by atoms with Gasteiger partial charge in [-0.15, -0.1) is 0 Å². The summed E-state index contributed by atoms with van der Waals surface area (Å²) in [7, 11) is 0. The Balaban J connectivity index is 1.95. The molecule has 0 unspecified atom stereocenters. The molecule has 1 fully saturated rings. The quantitative estimate of drug-likeness (QED) is 0.821. The van der Waals surface area contributed by atoms with Crippen molar-refractivity contribution in [2.45, 2.75) is 32.7 Å². The van der Waals surface area contributed by atoms with Gasteiger partial charge in [0.2, 0.25) is 0 Å². The van der Waals surface area contributed by atoms with Crippen molar-refractivity contribution < 1.29 is 0 Å². The molecule has 0 aliphatic heterocycles. The predicted octanol–water partition coefficient (Wildman–Crippen LogP) is 2.62. The summed E-state index contributed by atoms with van der Waals surface area (Å²) in [6, 6.07) is 8.52. The molecule has 2 rings (SSSR count). The molecular weight excluding hydrogens is 232 g/mol. The molecule has 0 radical (unpaired) electrons. The number of hydrogen-bond acceptors (Lipinski definition) is 2. The molecule has 1 aromatic rings. The summed E-state index contributed by atoms with van der Waals surface area (Å²) in [5.41, 5.74) is 7.84. The zero-order valence-electron chi connectivity index (χ0n) is 11.9. The lowest BCUT2D eigenvalue weighted by Gasteiger charge is -2.31. The standard InChI is InChI=1S/C17H24N2/c1-2-19(13-16-7-4-8-16)14-17-9-3-6-15(12-17)10-5-11-18/h3,6,9,12,16H,2,4,7-8,11,13-14,18H2,1H3. The van der Waals surface area contributed by atoms with Crippen LogP contribution in [0.5, 0.6) is 0 Å². The third-order valence-corrected chi connectivity index (χ3v) is 3.86. The van der Waals surface area contributed by atoms with Crippen molar-refractivity contribution in [2.24, 2.45) is 11.7 Å². The van der Waals surface area contributed by atoms with Gasteiger partial charge in [-0.1, -0.05) is 37.3 Å². The van der Waals surface area contributed by atoms with Crippen LogP contribution in [0.1, 0.15) is 37.3 Å². The minimum atomic E-state index is 0.424. The minimum Gasteiger partial charge on any atom is -0.320 e. The van der Waals surface area contributed by atoms with E-state index in [1.807, 2.05) is 6.07 Å². The Labute approximate surface area is 117 Å². The Morgan fingerprint density at radius 2 is 2.21 bits per heavy atom. The first-order valence-corrected chi connectivity index (χ1v) is 7.32. The topological polar surface area (TPSA) is 29.3 Å². The van der Waals surface area contributed by atoms with Crippen LogP contribution in [0.4, 0.5) is 0 Å². The maximum Gasteiger partial charge on any atom is 0.0555 e. The van der Waals surface area contributed by atoms with Crippen LogP contribution in [-0.4, -0.2) is 24.5 Å². The predicted molar refractivity (Wildman–Crippen MR) is 80.7 cm³/mol. The van der Waals surface area contributed by atoms with E-state index >= 15 is 0 Å². The zero-order chi connectivity index (χ0) is 13.5. The molecule has 2 nitrogen and oxygen atoms in total. The molecule has 2 N–H and O–H groups in total. The molecule has 0 amide bonds. The molecular formula is C17H24N2. The van der Waals surface area contributed by atoms with Crippen LogP contribution in [0.25, 0.3) is 0 Å². The third-order valence-electron chi connectivity index (χ3n) is 3.86. The van der Waals surface area contributed by atoms with Crippen LogP contribution < -0.4 is 5.73 Å². The van der Waals surface area contributed by atoms with Crippen molar-refractivity contribution in [3.63, 3.8) is 0 Å². The summed E-state index contributed by atoms with van der Waals surface area (Å²) in [4.78, 5) is 2.54. The molecule has 1 aliphatic carbocycles. The number of nitrogens with two attached hydrogens (primary N) is 1. The van der Waals surface area contributed by atoms with Crippen LogP contribution >= 0.6 is 0 Å². The summed E-state index contributed by atoms with van der Waals surface area (Å²) >= 11 is 0. The molecule has 0 atom stereocenters. The van der Waals surface area contributed by atoms with Gasteiger partial charge in [0.25, 0.3) is 0 Å². The normalized spacial score (nSPS) is 14.9. The largest absolute Gasteiger partial charge is 0.320 e. The first-order valence-electron chi connectivity index (χ1n) is 7.32. The van der Waals surface area contributed by atoms with Gasteiger partial charge in [0.1, 0.15) is 0 Å². The molecule has 1 saturated carbocycles. The Morgan fingerprint density at radius 1 is 1.37 bits per heavy atom. The summed E-state index contributed by atoms with van der Waals surface area (Å²) in [5, 5.41) is 0. The van der Waals surface area contributed by atoms with Gasteiger partial charge in [-0.25, -0.2) is 0 Å². The summed E-state index contributed by atoms with van der Waals surface area (Å²) in [6.07, 6.45) is 4.25. The maximum absolute atomic E-state index is 5.41. The molecule has 1 aliphatic rings. The molecule has 0 spiro atoms. The monoisotopic (exact) mass is 256 g/mol. The number of rotatable bonds is 5. The molecule has 0 saturated heterocycles. The maximum atomic E-state index is 5.41. The average Bonchev–Trinajstić information content (AvgIpc) is 2.39. The fraction of sp³-hybridized carbons (Fsp3) is 0.529. The summed E-state index contributed by atoms with van der Waals surface area (Å²) in [6.45, 7) is 6.07. The highest BCUT2D eigenvalue weighted by molar-refractivity contribution is 5.37. The lowest BCUT2D eigenvalue weighted by molar-refractivity contribution is 0.178. The average molecular weight is 256 g/mol. The lowest BCUT2D eigenvalue weighted by atomic mass is 9.85. The van der Waals surface area contributed by atoms with Gasteiger partial charge in [0.15, 0.2) is 0 Å². The molecule has 1 aromatic carbocycles. The Morgan fingerprint density at radius 3 is 2.84 bits per heavy atom. The van der Waals surface area contributed by atoms with Crippen molar-refractivity contribution in [3.05, 3.63) is 35.4 Å². The van der Waals surface area contributed by atoms with E-state index in [9.17, 15) is 0 Å². The van der Waals surface area contributed by atoms with E-state index in [0.717, 1.165) is 24.6 Å². The first-order chi connectivity index (χ1) is 9.31. The molecule has 0 aromatic heterocycles. The number of nitrogens with zero attached hydrogens (tertiary/aromatic N) is 1. The molecule has 0 heterocycles. The lowest BCUT2D eigenvalue weighted by Crippen LogP contribution is -2.32. The van der Waals surface area contributed by atoms with Crippen LogP contribution in [-0.2, 0) is 6.54 Å². The van der Waals surface area contributed by atoms with Crippen molar-refractivity contribution in [2.75, 3.05) is 19.6 Å². The van der Waals surface area contributed by atoms with E-state index < -0.39 is 0 Å². The SMILES string of the molecule is CCN(Cc1cccc(C#CCN)c1)CC1CCC1. The van der Waals surface area contributed by atoms with E-state index in [1.54, 1.807) is 0 Å². The van der Waals surface area contributed by atoms with Gasteiger partial charge in [-0.3, -0.25) is 4.90 Å². The Hall–Kier alpha value is -1.30. The summed E-state index contributed by atoms with van der Waals surface area (Å²) in [5.74, 6) is 6.95. The molecule has 2 heteroatoms. The van der Waals surface area contributed by atoms with Crippen LogP contribution in [0.15, 0.2) is 24.3 Å². The fourth-order valence-electron chi connectivity index (χ4n) is 2.50. The number of hydrogen-bond donors (Lipinski definition) is 1. The smallest absolute Gasteiger partial charge is 0.0555 e. The Kier molecular flexibility index (Phi) is 5.44. The van der Waals surface area contributed by atoms with Crippen LogP contribution in [0.3, 0.4) is 0 Å². The van der Waals surface area contributed by atoms with E-state index in [-0.39, 0.29) is 0 Å². The molecule has 102 valence electrons. The second kappa shape index (κ2) is 7.33. The van der Waals surface area contributed by atoms with Crippen molar-refractivity contribution >= 4 is 0 Å². The minimum absolute atomic E-state index is 0.424. The van der Waals surface area contributed by atoms with Gasteiger partial charge in [-0.2, -0.15) is 0 Å². The fourth-order valence-corrected chi connectivity index (χ4v) is 2.50. The highest BCUT2D eigenvalue weighted by Crippen LogP contribution is 2.27. The van der Waals surface area contributed by atoms with Crippen molar-refractivity contribution in [1.29, 1.82) is 0 Å². The zero-order valence-corrected chi connectivity index (χ0v) is 11.9. The van der Waals surface area contributed by atoms with Gasteiger partial charge in [0.05, 0.1) is 6.54 Å². The second-order valence-electron chi connectivity index (χ2n) is 5.33. The van der Waals surface area contributed by atoms with Crippen LogP contribution in [0.2, 0.25) is 0 Å². The third kappa shape index (κ3) is 4.38. The van der Waals surface area contributed by atoms with Crippen molar-refractivity contribution in [3.8, 4) is 11.8 Å². The van der Waals surface area contributed by atoms with Gasteiger partial charge >= 0.3 is 0 Å². The number of benzene rings is 1. The first kappa shape index (κ1) is 14.1. The van der Waals surface area contributed by atoms with E-state index in [0.29, 0.717) is 6.54 Å². The van der Waals surface area contributed by atoms with Crippen LogP contribution in [0, 0.1) is 17.8 Å². The summed E-state index contributed by atoms with van der Waals surface area (Å²) < 4.78 is 0. The highest BCUT2D eigenvalue weighted by Gasteiger charge is 2.19. The van der Waals surface area contributed by atoms with Crippen molar-refractivity contribution in [1.82, 2.24) is 4.90 Å². The van der Waals surface area contributed by atoms with E-state index in [2.05, 4.69) is 41.9 Å². The van der Waals surface area contributed by atoms with E-state index in [4.69, 9.17) is 5.73 Å².